The number of amides is 4. The van der Waals surface area contributed by atoms with Crippen LogP contribution in [0.5, 0.6) is 0 Å². The Balaban J connectivity index is 1.90. The molecule has 1 saturated heterocycles. The number of nitrogens with one attached hydrogen (secondary N) is 4. The van der Waals surface area contributed by atoms with E-state index in [1.165, 1.54) is 0 Å². The van der Waals surface area contributed by atoms with Crippen molar-refractivity contribution in [3.63, 3.8) is 0 Å². The number of carbonyl (C=O) groups is 5. The molecule has 162 valence electrons. The Hall–Kier alpha value is -3.47. The van der Waals surface area contributed by atoms with Gasteiger partial charge in [0.25, 0.3) is 0 Å². The first-order valence-corrected chi connectivity index (χ1v) is 9.51. The minimum atomic E-state index is -1.08. The molecular weight excluding hydrogens is 392 g/mol. The summed E-state index contributed by atoms with van der Waals surface area (Å²) >= 11 is 0. The number of ketones is 1. The zero-order chi connectivity index (χ0) is 22.1. The van der Waals surface area contributed by atoms with Gasteiger partial charge in [0.15, 0.2) is 5.78 Å². The zero-order valence-electron chi connectivity index (χ0n) is 16.4. The quantitative estimate of drug-likeness (QED) is 0.288. The van der Waals surface area contributed by atoms with Gasteiger partial charge in [0.05, 0.1) is 19.1 Å². The summed E-state index contributed by atoms with van der Waals surface area (Å²) < 4.78 is 0. The van der Waals surface area contributed by atoms with Crippen LogP contribution in [0.2, 0.25) is 0 Å². The van der Waals surface area contributed by atoms with E-state index in [1.54, 1.807) is 24.3 Å². The highest BCUT2D eigenvalue weighted by Gasteiger charge is 2.26. The molecule has 30 heavy (non-hydrogen) atoms. The lowest BCUT2D eigenvalue weighted by atomic mass is 10.1. The number of nitrogen functional groups attached to an aromatic ring is 1. The van der Waals surface area contributed by atoms with Gasteiger partial charge in [-0.1, -0.05) is 0 Å². The largest absolute Gasteiger partial charge is 0.399 e. The van der Waals surface area contributed by atoms with Crippen molar-refractivity contribution in [1.29, 1.82) is 0 Å². The molecule has 1 aromatic rings. The molecule has 1 unspecified atom stereocenters. The number of hydrogen-bond donors (Lipinski definition) is 6. The number of primary amides is 1. The van der Waals surface area contributed by atoms with Gasteiger partial charge < -0.3 is 27.4 Å². The standard InChI is InChI=1S/C19H26N6O5/c20-11-1-3-12(4-2-11)24-17(28)8-5-14(18(21)29)25-19(30)15-6-7-16(27)23-10-13(26)9-22-15/h1-4,14-15,22H,5-10,20H2,(H2,21,29)(H,23,27)(H,24,28)(H,25,30)/t14?,15-/m1/s1. The molecular formula is C19H26N6O5. The molecule has 11 nitrogen and oxygen atoms in total. The normalized spacial score (nSPS) is 18.2. The molecule has 4 amide bonds. The van der Waals surface area contributed by atoms with Crippen molar-refractivity contribution in [3.8, 4) is 0 Å². The summed E-state index contributed by atoms with van der Waals surface area (Å²) in [6.45, 7) is -0.198. The highest BCUT2D eigenvalue weighted by molar-refractivity contribution is 5.93. The Labute approximate surface area is 173 Å². The van der Waals surface area contributed by atoms with Crippen molar-refractivity contribution < 1.29 is 24.0 Å². The van der Waals surface area contributed by atoms with E-state index < -0.39 is 23.9 Å². The van der Waals surface area contributed by atoms with Gasteiger partial charge in [0.2, 0.25) is 23.6 Å². The lowest BCUT2D eigenvalue weighted by molar-refractivity contribution is -0.129. The molecule has 8 N–H and O–H groups in total. The molecule has 0 radical (unpaired) electrons. The van der Waals surface area contributed by atoms with Gasteiger partial charge in [0, 0.05) is 24.2 Å². The summed E-state index contributed by atoms with van der Waals surface area (Å²) in [6.07, 6.45) is 0.128. The molecule has 0 bridgehead atoms. The van der Waals surface area contributed by atoms with E-state index in [-0.39, 0.29) is 56.4 Å². The van der Waals surface area contributed by atoms with E-state index >= 15 is 0 Å². The van der Waals surface area contributed by atoms with Crippen LogP contribution in [0.3, 0.4) is 0 Å². The third-order valence-electron chi connectivity index (χ3n) is 4.52. The Kier molecular flexibility index (Phi) is 8.29. The molecule has 1 fully saturated rings. The highest BCUT2D eigenvalue weighted by Crippen LogP contribution is 2.11. The summed E-state index contributed by atoms with van der Waals surface area (Å²) in [6, 6.07) is 4.63. The molecule has 1 aliphatic rings. The van der Waals surface area contributed by atoms with Crippen LogP contribution < -0.4 is 32.7 Å². The average Bonchev–Trinajstić information content (AvgIpc) is 2.78. The van der Waals surface area contributed by atoms with Crippen molar-refractivity contribution in [3.05, 3.63) is 24.3 Å². The van der Waals surface area contributed by atoms with Crippen LogP contribution in [0.4, 0.5) is 11.4 Å². The second kappa shape index (κ2) is 10.9. The summed E-state index contributed by atoms with van der Waals surface area (Å²) in [5.74, 6) is -2.33. The molecule has 1 heterocycles. The van der Waals surface area contributed by atoms with Gasteiger partial charge in [-0.3, -0.25) is 29.3 Å². The minimum absolute atomic E-state index is 0.00594. The number of nitrogens with two attached hydrogens (primary N) is 2. The minimum Gasteiger partial charge on any atom is -0.399 e. The van der Waals surface area contributed by atoms with E-state index in [0.29, 0.717) is 11.4 Å². The maximum Gasteiger partial charge on any atom is 0.240 e. The van der Waals surface area contributed by atoms with E-state index in [0.717, 1.165) is 0 Å². The van der Waals surface area contributed by atoms with Crippen LogP contribution in [-0.2, 0) is 24.0 Å². The Bertz CT molecular complexity index is 790. The molecule has 2 rings (SSSR count). The van der Waals surface area contributed by atoms with Crippen molar-refractivity contribution in [1.82, 2.24) is 16.0 Å². The van der Waals surface area contributed by atoms with Gasteiger partial charge in [-0.25, -0.2) is 0 Å². The molecule has 1 aromatic carbocycles. The van der Waals surface area contributed by atoms with Crippen LogP contribution in [0, 0.1) is 0 Å². The molecule has 0 aromatic heterocycles. The number of Topliss-reactive ketones (excluding diaryl/α,β-unsaturated/α-hetero) is 1. The van der Waals surface area contributed by atoms with Gasteiger partial charge in [-0.15, -0.1) is 0 Å². The fourth-order valence-corrected chi connectivity index (χ4v) is 2.81. The van der Waals surface area contributed by atoms with Gasteiger partial charge in [-0.2, -0.15) is 0 Å². The van der Waals surface area contributed by atoms with E-state index in [4.69, 9.17) is 11.5 Å². The van der Waals surface area contributed by atoms with Crippen molar-refractivity contribution in [2.75, 3.05) is 24.1 Å². The number of rotatable bonds is 7. The summed E-state index contributed by atoms with van der Waals surface area (Å²) in [5, 5.41) is 10.4. The average molecular weight is 418 g/mol. The summed E-state index contributed by atoms with van der Waals surface area (Å²) in [4.78, 5) is 59.6. The van der Waals surface area contributed by atoms with Gasteiger partial charge >= 0.3 is 0 Å². The monoisotopic (exact) mass is 418 g/mol. The maximum absolute atomic E-state index is 12.5. The molecule has 0 saturated carbocycles. The predicted octanol–water partition coefficient (Wildman–Crippen LogP) is -1.61. The second-order valence-corrected chi connectivity index (χ2v) is 6.96. The number of hydrogen-bond acceptors (Lipinski definition) is 7. The predicted molar refractivity (Wildman–Crippen MR) is 109 cm³/mol. The highest BCUT2D eigenvalue weighted by atomic mass is 16.2. The van der Waals surface area contributed by atoms with E-state index in [1.807, 2.05) is 0 Å². The Morgan fingerprint density at radius 1 is 1.13 bits per heavy atom. The third-order valence-corrected chi connectivity index (χ3v) is 4.52. The van der Waals surface area contributed by atoms with Crippen molar-refractivity contribution >= 4 is 40.8 Å². The first-order chi connectivity index (χ1) is 14.2. The first kappa shape index (κ1) is 22.8. The number of benzene rings is 1. The molecule has 11 heteroatoms. The van der Waals surface area contributed by atoms with Crippen LogP contribution in [0.25, 0.3) is 0 Å². The fourth-order valence-electron chi connectivity index (χ4n) is 2.81. The van der Waals surface area contributed by atoms with Gasteiger partial charge in [0.1, 0.15) is 6.04 Å². The van der Waals surface area contributed by atoms with E-state index in [9.17, 15) is 24.0 Å². The van der Waals surface area contributed by atoms with Crippen molar-refractivity contribution in [2.45, 2.75) is 37.8 Å². The molecule has 0 aliphatic carbocycles. The lowest BCUT2D eigenvalue weighted by Crippen LogP contribution is -2.52. The third kappa shape index (κ3) is 7.51. The van der Waals surface area contributed by atoms with Crippen LogP contribution in [0.15, 0.2) is 24.3 Å². The Morgan fingerprint density at radius 2 is 1.83 bits per heavy atom. The topological polar surface area (TPSA) is 186 Å². The van der Waals surface area contributed by atoms with Crippen LogP contribution >= 0.6 is 0 Å². The van der Waals surface area contributed by atoms with Gasteiger partial charge in [-0.05, 0) is 37.1 Å². The smallest absolute Gasteiger partial charge is 0.240 e. The summed E-state index contributed by atoms with van der Waals surface area (Å²) in [5.41, 5.74) is 12.1. The summed E-state index contributed by atoms with van der Waals surface area (Å²) in [7, 11) is 0. The molecule has 1 aliphatic heterocycles. The second-order valence-electron chi connectivity index (χ2n) is 6.96. The van der Waals surface area contributed by atoms with Crippen molar-refractivity contribution in [2.24, 2.45) is 5.73 Å². The SMILES string of the molecule is NC(=O)C(CCC(=O)Nc1ccc(N)cc1)NC(=O)[C@H]1CCC(=O)NCC(=O)CN1. The molecule has 2 atom stereocenters. The molecule has 0 spiro atoms. The van der Waals surface area contributed by atoms with Crippen LogP contribution in [0.1, 0.15) is 25.7 Å². The zero-order valence-corrected chi connectivity index (χ0v) is 16.4. The number of carbonyl (C=O) groups excluding carboxylic acids is 5. The lowest BCUT2D eigenvalue weighted by Gasteiger charge is -2.21. The Morgan fingerprint density at radius 3 is 2.50 bits per heavy atom. The number of anilines is 2. The maximum atomic E-state index is 12.5. The first-order valence-electron chi connectivity index (χ1n) is 9.51. The van der Waals surface area contributed by atoms with Crippen LogP contribution in [-0.4, -0.2) is 54.6 Å². The van der Waals surface area contributed by atoms with E-state index in [2.05, 4.69) is 21.3 Å². The fraction of sp³-hybridized carbons (Fsp3) is 0.421.